The van der Waals surface area contributed by atoms with Gasteiger partial charge in [0.15, 0.2) is 0 Å². The van der Waals surface area contributed by atoms with Gasteiger partial charge in [0.1, 0.15) is 6.10 Å². The Kier molecular flexibility index (Phi) is 3.05. The molecule has 2 saturated carbocycles. The number of aliphatic carboxylic acids is 1. The molecule has 4 heteroatoms. The zero-order chi connectivity index (χ0) is 15.5. The molecule has 6 atom stereocenters. The first-order valence-corrected chi connectivity index (χ1v) is 7.56. The standard InChI is InChI=1S/C17H22O4/c1-8-11-5-12(9(2)16(19)20)14-7-17(14,4)13(11)6-15(8)21-10(3)18/h5,8,12-15H,2,6-7H2,1,3-4H3,(H,19,20)/t8-,12-,13-,14-,15+,17+/m1/s1. The predicted molar refractivity (Wildman–Crippen MR) is 77.4 cm³/mol. The van der Waals surface area contributed by atoms with Crippen LogP contribution in [0.4, 0.5) is 0 Å². The lowest BCUT2D eigenvalue weighted by molar-refractivity contribution is -0.147. The van der Waals surface area contributed by atoms with Crippen LogP contribution in [0.1, 0.15) is 33.6 Å². The van der Waals surface area contributed by atoms with Crippen molar-refractivity contribution in [3.8, 4) is 0 Å². The van der Waals surface area contributed by atoms with Crippen LogP contribution in [0.5, 0.6) is 0 Å². The fourth-order valence-corrected chi connectivity index (χ4v) is 4.55. The third-order valence-electron chi connectivity index (χ3n) is 5.90. The summed E-state index contributed by atoms with van der Waals surface area (Å²) in [5.41, 5.74) is 1.71. The Morgan fingerprint density at radius 3 is 2.71 bits per heavy atom. The van der Waals surface area contributed by atoms with E-state index in [1.54, 1.807) is 0 Å². The van der Waals surface area contributed by atoms with Crippen molar-refractivity contribution in [2.24, 2.45) is 29.1 Å². The van der Waals surface area contributed by atoms with Crippen LogP contribution in [-0.4, -0.2) is 23.1 Å². The topological polar surface area (TPSA) is 63.6 Å². The molecule has 3 aliphatic rings. The molecule has 0 bridgehead atoms. The first-order chi connectivity index (χ1) is 9.75. The Bertz CT molecular complexity index is 561. The van der Waals surface area contributed by atoms with Crippen molar-refractivity contribution in [1.82, 2.24) is 0 Å². The maximum atomic E-state index is 11.3. The summed E-state index contributed by atoms with van der Waals surface area (Å²) in [4.78, 5) is 22.5. The van der Waals surface area contributed by atoms with Gasteiger partial charge in [0.25, 0.3) is 0 Å². The number of carboxylic acid groups (broad SMARTS) is 1. The maximum absolute atomic E-state index is 11.3. The van der Waals surface area contributed by atoms with Gasteiger partial charge < -0.3 is 9.84 Å². The Balaban J connectivity index is 1.91. The molecule has 3 rings (SSSR count). The van der Waals surface area contributed by atoms with E-state index >= 15 is 0 Å². The number of rotatable bonds is 3. The molecule has 1 N–H and O–H groups in total. The van der Waals surface area contributed by atoms with E-state index in [-0.39, 0.29) is 34.9 Å². The van der Waals surface area contributed by atoms with Gasteiger partial charge in [0.2, 0.25) is 0 Å². The molecule has 3 aliphatic carbocycles. The molecule has 0 aliphatic heterocycles. The van der Waals surface area contributed by atoms with Crippen molar-refractivity contribution in [2.75, 3.05) is 0 Å². The van der Waals surface area contributed by atoms with E-state index in [0.717, 1.165) is 12.8 Å². The number of esters is 1. The number of allylic oxidation sites excluding steroid dienone is 1. The minimum Gasteiger partial charge on any atom is -0.478 e. The van der Waals surface area contributed by atoms with Gasteiger partial charge in [-0.05, 0) is 30.1 Å². The first kappa shape index (κ1) is 14.4. The van der Waals surface area contributed by atoms with Crippen molar-refractivity contribution < 1.29 is 19.4 Å². The first-order valence-electron chi connectivity index (χ1n) is 7.56. The number of carbonyl (C=O) groups excluding carboxylic acids is 1. The summed E-state index contributed by atoms with van der Waals surface area (Å²) in [7, 11) is 0. The molecule has 21 heavy (non-hydrogen) atoms. The van der Waals surface area contributed by atoms with Gasteiger partial charge >= 0.3 is 11.9 Å². The normalized spacial score (nSPS) is 43.4. The summed E-state index contributed by atoms with van der Waals surface area (Å²) >= 11 is 0. The van der Waals surface area contributed by atoms with E-state index in [4.69, 9.17) is 4.74 Å². The van der Waals surface area contributed by atoms with Crippen LogP contribution in [0, 0.1) is 29.1 Å². The van der Waals surface area contributed by atoms with E-state index < -0.39 is 5.97 Å². The fraction of sp³-hybridized carbons (Fsp3) is 0.647. The second-order valence-electron chi connectivity index (χ2n) is 7.06. The molecule has 0 aromatic heterocycles. The second kappa shape index (κ2) is 4.46. The van der Waals surface area contributed by atoms with E-state index in [1.165, 1.54) is 12.5 Å². The quantitative estimate of drug-likeness (QED) is 0.493. The van der Waals surface area contributed by atoms with Crippen molar-refractivity contribution >= 4 is 11.9 Å². The molecule has 0 spiro atoms. The minimum atomic E-state index is -0.910. The zero-order valence-corrected chi connectivity index (χ0v) is 12.8. The molecule has 2 fully saturated rings. The lowest BCUT2D eigenvalue weighted by Gasteiger charge is -2.31. The molecule has 0 aromatic carbocycles. The van der Waals surface area contributed by atoms with Gasteiger partial charge in [0, 0.05) is 24.3 Å². The van der Waals surface area contributed by atoms with Crippen LogP contribution in [0.15, 0.2) is 23.8 Å². The molecule has 4 nitrogen and oxygen atoms in total. The molecule has 114 valence electrons. The third kappa shape index (κ3) is 2.03. The Hall–Kier alpha value is -1.58. The van der Waals surface area contributed by atoms with Crippen molar-refractivity contribution in [1.29, 1.82) is 0 Å². The van der Waals surface area contributed by atoms with Gasteiger partial charge in [-0.25, -0.2) is 4.79 Å². The SMILES string of the molecule is C=C(C(=O)O)[C@H]1C=C2[C@@H](C)[C@@H](OC(C)=O)C[C@H]2[C@]2(C)C[C@H]12. The summed E-state index contributed by atoms with van der Waals surface area (Å²) < 4.78 is 5.45. The maximum Gasteiger partial charge on any atom is 0.331 e. The fourth-order valence-electron chi connectivity index (χ4n) is 4.55. The Morgan fingerprint density at radius 1 is 1.48 bits per heavy atom. The molecule has 0 heterocycles. The molecular formula is C17H22O4. The lowest BCUT2D eigenvalue weighted by atomic mass is 9.73. The smallest absolute Gasteiger partial charge is 0.331 e. The summed E-state index contributed by atoms with van der Waals surface area (Å²) in [5, 5.41) is 9.23. The molecule has 0 radical (unpaired) electrons. The highest BCUT2D eigenvalue weighted by Crippen LogP contribution is 2.70. The highest BCUT2D eigenvalue weighted by molar-refractivity contribution is 5.87. The summed E-state index contributed by atoms with van der Waals surface area (Å²) in [6.07, 6.45) is 3.93. The van der Waals surface area contributed by atoms with Crippen LogP contribution in [0.3, 0.4) is 0 Å². The largest absolute Gasteiger partial charge is 0.478 e. The lowest BCUT2D eigenvalue weighted by Crippen LogP contribution is -2.25. The van der Waals surface area contributed by atoms with E-state index in [0.29, 0.717) is 11.8 Å². The zero-order valence-electron chi connectivity index (χ0n) is 12.8. The van der Waals surface area contributed by atoms with Crippen LogP contribution in [-0.2, 0) is 14.3 Å². The molecule has 0 aromatic rings. The van der Waals surface area contributed by atoms with Gasteiger partial charge in [0.05, 0.1) is 0 Å². The average Bonchev–Trinajstić information content (AvgIpc) is 3.00. The molecule has 0 saturated heterocycles. The second-order valence-corrected chi connectivity index (χ2v) is 7.06. The number of fused-ring (bicyclic) bond motifs is 3. The predicted octanol–water partition coefficient (Wildman–Crippen LogP) is 2.80. The number of ether oxygens (including phenoxy) is 1. The third-order valence-corrected chi connectivity index (χ3v) is 5.90. The highest BCUT2D eigenvalue weighted by atomic mass is 16.5. The molecule has 0 unspecified atom stereocenters. The number of hydrogen-bond acceptors (Lipinski definition) is 3. The van der Waals surface area contributed by atoms with Gasteiger partial charge in [-0.3, -0.25) is 4.79 Å². The van der Waals surface area contributed by atoms with Crippen LogP contribution in [0.2, 0.25) is 0 Å². The summed E-state index contributed by atoms with van der Waals surface area (Å²) in [5.74, 6) is -0.265. The van der Waals surface area contributed by atoms with E-state index in [1.807, 2.05) is 0 Å². The molecule has 0 amide bonds. The number of hydrogen-bond donors (Lipinski definition) is 1. The van der Waals surface area contributed by atoms with Crippen molar-refractivity contribution in [3.63, 3.8) is 0 Å². The number of carbonyl (C=O) groups is 2. The van der Waals surface area contributed by atoms with Gasteiger partial charge in [-0.2, -0.15) is 0 Å². The minimum absolute atomic E-state index is 0.0720. The van der Waals surface area contributed by atoms with Crippen molar-refractivity contribution in [3.05, 3.63) is 23.8 Å². The van der Waals surface area contributed by atoms with Crippen LogP contribution in [0.25, 0.3) is 0 Å². The van der Waals surface area contributed by atoms with Gasteiger partial charge in [-0.1, -0.05) is 32.1 Å². The monoisotopic (exact) mass is 290 g/mol. The number of carboxylic acids is 1. The van der Waals surface area contributed by atoms with Crippen molar-refractivity contribution in [2.45, 2.75) is 39.7 Å². The highest BCUT2D eigenvalue weighted by Gasteiger charge is 2.64. The van der Waals surface area contributed by atoms with E-state index in [9.17, 15) is 14.7 Å². The van der Waals surface area contributed by atoms with Crippen LogP contribution < -0.4 is 0 Å². The average molecular weight is 290 g/mol. The summed E-state index contributed by atoms with van der Waals surface area (Å²) in [6, 6.07) is 0. The van der Waals surface area contributed by atoms with Crippen LogP contribution >= 0.6 is 0 Å². The summed E-state index contributed by atoms with van der Waals surface area (Å²) in [6.45, 7) is 9.52. The van der Waals surface area contributed by atoms with Gasteiger partial charge in [-0.15, -0.1) is 0 Å². The van der Waals surface area contributed by atoms with E-state index in [2.05, 4.69) is 26.5 Å². The Morgan fingerprint density at radius 2 is 2.14 bits per heavy atom. The Labute approximate surface area is 124 Å². The molecular weight excluding hydrogens is 268 g/mol.